The average Bonchev–Trinajstić information content (AvgIpc) is 2.59. The van der Waals surface area contributed by atoms with E-state index < -0.39 is 0 Å². The molecule has 0 aliphatic heterocycles. The predicted molar refractivity (Wildman–Crippen MR) is 114 cm³/mol. The van der Waals surface area contributed by atoms with Crippen LogP contribution >= 0.6 is 24.0 Å². The van der Waals surface area contributed by atoms with Crippen LogP contribution in [0.1, 0.15) is 18.3 Å². The van der Waals surface area contributed by atoms with Crippen molar-refractivity contribution >= 4 is 29.9 Å². The molecule has 0 atom stereocenters. The first-order valence-corrected chi connectivity index (χ1v) is 8.29. The number of pyridine rings is 1. The molecular weight excluding hydrogens is 427 g/mol. The molecule has 1 aromatic heterocycles. The van der Waals surface area contributed by atoms with Crippen molar-refractivity contribution in [2.45, 2.75) is 20.4 Å². The van der Waals surface area contributed by atoms with Gasteiger partial charge < -0.3 is 15.0 Å². The average molecular weight is 454 g/mol. The van der Waals surface area contributed by atoms with Gasteiger partial charge >= 0.3 is 0 Å². The van der Waals surface area contributed by atoms with Crippen LogP contribution in [0.3, 0.4) is 0 Å². The maximum atomic E-state index is 5.75. The lowest BCUT2D eigenvalue weighted by Gasteiger charge is -2.22. The predicted octanol–water partition coefficient (Wildman–Crippen LogP) is 3.48. The second-order valence-electron chi connectivity index (χ2n) is 5.52. The second-order valence-corrected chi connectivity index (χ2v) is 5.52. The minimum atomic E-state index is 0. The molecule has 0 aliphatic carbocycles. The van der Waals surface area contributed by atoms with Gasteiger partial charge in [0.05, 0.1) is 18.8 Å². The molecule has 0 aliphatic rings. The monoisotopic (exact) mass is 454 g/mol. The molecular formula is C19H27IN4O. The molecule has 0 saturated heterocycles. The molecule has 25 heavy (non-hydrogen) atoms. The fourth-order valence-electron chi connectivity index (χ4n) is 2.24. The number of aliphatic imine (C=N–C) groups is 1. The third-order valence-electron chi connectivity index (χ3n) is 3.47. The van der Waals surface area contributed by atoms with Crippen LogP contribution in [0.2, 0.25) is 0 Å². The summed E-state index contributed by atoms with van der Waals surface area (Å²) < 4.78 is 5.75. The summed E-state index contributed by atoms with van der Waals surface area (Å²) in [6, 6.07) is 15.8. The van der Waals surface area contributed by atoms with Crippen molar-refractivity contribution in [3.05, 3.63) is 59.9 Å². The largest absolute Gasteiger partial charge is 0.492 e. The Kier molecular flexibility index (Phi) is 9.91. The number of likely N-dealkylation sites (N-methyl/N-ethyl adjacent to an activating group) is 1. The molecule has 0 amide bonds. The van der Waals surface area contributed by atoms with Gasteiger partial charge in [0, 0.05) is 19.3 Å². The van der Waals surface area contributed by atoms with Gasteiger partial charge in [-0.2, -0.15) is 0 Å². The molecule has 0 fully saturated rings. The number of ether oxygens (including phenoxy) is 1. The van der Waals surface area contributed by atoms with E-state index >= 15 is 0 Å². The fourth-order valence-corrected chi connectivity index (χ4v) is 2.24. The zero-order chi connectivity index (χ0) is 17.2. The van der Waals surface area contributed by atoms with Gasteiger partial charge in [-0.1, -0.05) is 24.3 Å². The highest BCUT2D eigenvalue weighted by Crippen LogP contribution is 2.08. The fraction of sp³-hybridized carbons (Fsp3) is 0.368. The molecule has 0 unspecified atom stereocenters. The number of para-hydroxylation sites is 1. The number of aryl methyl sites for hydroxylation is 1. The highest BCUT2D eigenvalue weighted by atomic mass is 127. The van der Waals surface area contributed by atoms with Gasteiger partial charge in [0.1, 0.15) is 12.4 Å². The van der Waals surface area contributed by atoms with Gasteiger partial charge in [-0.3, -0.25) is 4.98 Å². The normalized spacial score (nSPS) is 10.8. The molecule has 2 rings (SSSR count). The number of hydrogen-bond acceptors (Lipinski definition) is 3. The molecule has 6 heteroatoms. The topological polar surface area (TPSA) is 49.8 Å². The van der Waals surface area contributed by atoms with Gasteiger partial charge in [0.15, 0.2) is 5.96 Å². The summed E-state index contributed by atoms with van der Waals surface area (Å²) in [6.07, 6.45) is 0. The molecule has 2 aromatic rings. The van der Waals surface area contributed by atoms with E-state index in [1.54, 1.807) is 0 Å². The van der Waals surface area contributed by atoms with E-state index in [4.69, 9.17) is 4.74 Å². The molecule has 1 N–H and O–H groups in total. The number of nitrogens with one attached hydrogen (secondary N) is 1. The Morgan fingerprint density at radius 1 is 1.16 bits per heavy atom. The summed E-state index contributed by atoms with van der Waals surface area (Å²) in [5.74, 6) is 1.74. The van der Waals surface area contributed by atoms with Crippen LogP contribution in [0, 0.1) is 6.92 Å². The molecule has 0 spiro atoms. The van der Waals surface area contributed by atoms with Gasteiger partial charge in [-0.15, -0.1) is 24.0 Å². The summed E-state index contributed by atoms with van der Waals surface area (Å²) in [6.45, 7) is 6.80. The Balaban J connectivity index is 0.00000312. The molecule has 1 heterocycles. The number of guanidine groups is 1. The molecule has 0 radical (unpaired) electrons. The number of rotatable bonds is 7. The Labute approximate surface area is 167 Å². The van der Waals surface area contributed by atoms with Crippen LogP contribution in [0.5, 0.6) is 5.75 Å². The highest BCUT2D eigenvalue weighted by Gasteiger charge is 2.06. The summed E-state index contributed by atoms with van der Waals surface area (Å²) in [7, 11) is 2.01. The van der Waals surface area contributed by atoms with E-state index in [-0.39, 0.29) is 24.0 Å². The second kappa shape index (κ2) is 11.7. The van der Waals surface area contributed by atoms with Gasteiger partial charge in [0.2, 0.25) is 0 Å². The number of hydrogen-bond donors (Lipinski definition) is 1. The lowest BCUT2D eigenvalue weighted by atomic mass is 10.3. The van der Waals surface area contributed by atoms with Crippen molar-refractivity contribution in [1.82, 2.24) is 15.2 Å². The third kappa shape index (κ3) is 7.72. The molecule has 5 nitrogen and oxygen atoms in total. The van der Waals surface area contributed by atoms with Crippen LogP contribution in [-0.2, 0) is 6.54 Å². The van der Waals surface area contributed by atoms with Crippen LogP contribution in [0.4, 0.5) is 0 Å². The molecule has 0 saturated carbocycles. The van der Waals surface area contributed by atoms with E-state index in [9.17, 15) is 0 Å². The first-order chi connectivity index (χ1) is 11.7. The van der Waals surface area contributed by atoms with E-state index in [1.807, 2.05) is 62.5 Å². The van der Waals surface area contributed by atoms with Crippen molar-refractivity contribution in [1.29, 1.82) is 0 Å². The standard InChI is InChI=1S/C19H26N4O.HI/c1-4-20-19(21-15-17-10-8-9-16(2)22-17)23(3)13-14-24-18-11-6-5-7-12-18;/h5-12H,4,13-15H2,1-3H3,(H,20,21);1H. The summed E-state index contributed by atoms with van der Waals surface area (Å²) in [5.41, 5.74) is 1.98. The van der Waals surface area contributed by atoms with Crippen molar-refractivity contribution in [2.75, 3.05) is 26.7 Å². The number of aromatic nitrogens is 1. The first kappa shape index (κ1) is 21.2. The minimum Gasteiger partial charge on any atom is -0.492 e. The zero-order valence-electron chi connectivity index (χ0n) is 15.1. The Hall–Kier alpha value is -1.83. The summed E-state index contributed by atoms with van der Waals surface area (Å²) in [4.78, 5) is 11.2. The number of benzene rings is 1. The third-order valence-corrected chi connectivity index (χ3v) is 3.47. The summed E-state index contributed by atoms with van der Waals surface area (Å²) >= 11 is 0. The SMILES string of the molecule is CCNC(=NCc1cccc(C)n1)N(C)CCOc1ccccc1.I. The highest BCUT2D eigenvalue weighted by molar-refractivity contribution is 14.0. The lowest BCUT2D eigenvalue weighted by molar-refractivity contribution is 0.281. The van der Waals surface area contributed by atoms with E-state index in [0.29, 0.717) is 13.2 Å². The van der Waals surface area contributed by atoms with E-state index in [2.05, 4.69) is 27.1 Å². The Morgan fingerprint density at radius 2 is 1.92 bits per heavy atom. The van der Waals surface area contributed by atoms with Gasteiger partial charge in [-0.25, -0.2) is 4.99 Å². The zero-order valence-corrected chi connectivity index (χ0v) is 17.4. The van der Waals surface area contributed by atoms with Crippen LogP contribution in [0.15, 0.2) is 53.5 Å². The smallest absolute Gasteiger partial charge is 0.194 e. The van der Waals surface area contributed by atoms with Crippen molar-refractivity contribution in [3.63, 3.8) is 0 Å². The lowest BCUT2D eigenvalue weighted by Crippen LogP contribution is -2.40. The van der Waals surface area contributed by atoms with Crippen LogP contribution < -0.4 is 10.1 Å². The van der Waals surface area contributed by atoms with Crippen molar-refractivity contribution < 1.29 is 4.74 Å². The van der Waals surface area contributed by atoms with Crippen molar-refractivity contribution in [3.8, 4) is 5.75 Å². The quantitative estimate of drug-likeness (QED) is 0.396. The van der Waals surface area contributed by atoms with Crippen LogP contribution in [0.25, 0.3) is 0 Å². The maximum absolute atomic E-state index is 5.75. The maximum Gasteiger partial charge on any atom is 0.194 e. The minimum absolute atomic E-state index is 0. The number of nitrogens with zero attached hydrogens (tertiary/aromatic N) is 3. The summed E-state index contributed by atoms with van der Waals surface area (Å²) in [5, 5.41) is 3.31. The molecule has 0 bridgehead atoms. The van der Waals surface area contributed by atoms with E-state index in [0.717, 1.165) is 36.2 Å². The number of halogens is 1. The molecule has 1 aromatic carbocycles. The molecule has 136 valence electrons. The Morgan fingerprint density at radius 3 is 2.60 bits per heavy atom. The van der Waals surface area contributed by atoms with Gasteiger partial charge in [-0.05, 0) is 38.1 Å². The Bertz CT molecular complexity index is 649. The van der Waals surface area contributed by atoms with Crippen LogP contribution in [-0.4, -0.2) is 42.6 Å². The van der Waals surface area contributed by atoms with E-state index in [1.165, 1.54) is 0 Å². The van der Waals surface area contributed by atoms with Crippen molar-refractivity contribution in [2.24, 2.45) is 4.99 Å². The first-order valence-electron chi connectivity index (χ1n) is 8.29. The van der Waals surface area contributed by atoms with Gasteiger partial charge in [0.25, 0.3) is 0 Å².